The second-order valence-electron chi connectivity index (χ2n) is 19.2. The predicted octanol–water partition coefficient (Wildman–Crippen LogP) is 17.4. The van der Waals surface area contributed by atoms with Gasteiger partial charge in [-0.05, 0) is 128 Å². The normalized spacial score (nSPS) is 14.7. The van der Waals surface area contributed by atoms with E-state index in [1.807, 2.05) is 27.2 Å². The van der Waals surface area contributed by atoms with Crippen LogP contribution in [0.5, 0.6) is 0 Å². The molecule has 0 aromatic rings. The molecule has 424 valence electrons. The Bertz CT molecular complexity index is 1930. The van der Waals surface area contributed by atoms with Crippen molar-refractivity contribution in [3.8, 4) is 0 Å². The summed E-state index contributed by atoms with van der Waals surface area (Å²) in [5.74, 6) is -0.953. The average Bonchev–Trinajstić information content (AvgIpc) is 3.38. The molecule has 0 aromatic heterocycles. The molecule has 0 radical (unpaired) electrons. The molecular weight excluding hydrogens is 966 g/mol. The number of carbonyl (C=O) groups excluding carboxylic acids is 2. The fourth-order valence-corrected chi connectivity index (χ4v) is 7.33. The Balaban J connectivity index is 4.42. The molecule has 76 heavy (non-hydrogen) atoms. The zero-order chi connectivity index (χ0) is 55.6. The van der Waals surface area contributed by atoms with E-state index >= 15 is 0 Å². The van der Waals surface area contributed by atoms with Gasteiger partial charge in [0.2, 0.25) is 0 Å². The van der Waals surface area contributed by atoms with Crippen LogP contribution < -0.4 is 4.89 Å². The lowest BCUT2D eigenvalue weighted by molar-refractivity contribution is -0.870. The van der Waals surface area contributed by atoms with Crippen LogP contribution in [0.2, 0.25) is 0 Å². The number of hydrogen-bond acceptors (Lipinski definition) is 8. The van der Waals surface area contributed by atoms with Gasteiger partial charge < -0.3 is 27.9 Å². The van der Waals surface area contributed by atoms with Crippen LogP contribution in [0.3, 0.4) is 0 Å². The van der Waals surface area contributed by atoms with Gasteiger partial charge >= 0.3 is 11.9 Å². The molecule has 0 spiro atoms. The van der Waals surface area contributed by atoms with Gasteiger partial charge in [0, 0.05) is 12.8 Å². The highest BCUT2D eigenvalue weighted by Crippen LogP contribution is 2.38. The third-order valence-electron chi connectivity index (χ3n) is 10.9. The second-order valence-corrected chi connectivity index (χ2v) is 20.6. The van der Waals surface area contributed by atoms with Crippen molar-refractivity contribution in [1.29, 1.82) is 0 Å². The van der Waals surface area contributed by atoms with Gasteiger partial charge in [-0.2, -0.15) is 0 Å². The standard InChI is InChI=1S/C66H102NO8P/c1-6-8-10-12-14-16-18-20-22-24-26-28-30-31-32-33-34-35-37-39-41-43-45-47-49-51-53-55-57-59-66(69)75-64(63-74-76(70,71)73-61-60-67(3,4)5)62-72-65(68)58-56-54-52-50-48-46-44-42-40-38-36-29-27-25-23-21-19-17-15-13-11-9-7-2/h8-11,14-17,20-23,26-29,31-32,34-35,38-41,44-47,51,53,64H,6-7,12-13,18-19,24-25,30,33,36-37,42-43,48-50,52,54-63H2,1-5H3/b10-8-,11-9-,16-14-,17-15-,22-20-,23-21-,28-26-,29-27-,32-31-,35-34-,40-38-,41-39-,46-44-,47-45-,53-51-. The van der Waals surface area contributed by atoms with E-state index in [9.17, 15) is 19.0 Å². The van der Waals surface area contributed by atoms with Gasteiger partial charge in [-0.15, -0.1) is 0 Å². The summed E-state index contributed by atoms with van der Waals surface area (Å²) in [5.41, 5.74) is 0. The minimum atomic E-state index is -4.67. The first-order chi connectivity index (χ1) is 37.0. The van der Waals surface area contributed by atoms with Crippen molar-refractivity contribution in [2.45, 2.75) is 174 Å². The number of phosphoric ester groups is 1. The molecule has 0 fully saturated rings. The van der Waals surface area contributed by atoms with Crippen LogP contribution in [0.1, 0.15) is 168 Å². The third kappa shape index (κ3) is 58.4. The summed E-state index contributed by atoms with van der Waals surface area (Å²) >= 11 is 0. The number of phosphoric acid groups is 1. The molecule has 0 aromatic carbocycles. The molecule has 0 N–H and O–H groups in total. The van der Waals surface area contributed by atoms with Crippen molar-refractivity contribution < 1.29 is 42.1 Å². The Morgan fingerprint density at radius 2 is 0.724 bits per heavy atom. The van der Waals surface area contributed by atoms with Crippen molar-refractivity contribution in [3.63, 3.8) is 0 Å². The van der Waals surface area contributed by atoms with Crippen molar-refractivity contribution in [3.05, 3.63) is 182 Å². The first-order valence-electron chi connectivity index (χ1n) is 28.5. The quantitative estimate of drug-likeness (QED) is 0.0195. The van der Waals surface area contributed by atoms with Crippen LogP contribution in [0.15, 0.2) is 182 Å². The molecule has 2 unspecified atom stereocenters. The zero-order valence-electron chi connectivity index (χ0n) is 47.9. The molecule has 0 rings (SSSR count). The number of esters is 2. The van der Waals surface area contributed by atoms with E-state index in [1.165, 1.54) is 0 Å². The number of rotatable bonds is 49. The molecule has 10 heteroatoms. The van der Waals surface area contributed by atoms with Crippen molar-refractivity contribution in [2.75, 3.05) is 47.5 Å². The lowest BCUT2D eigenvalue weighted by atomic mass is 10.1. The maximum absolute atomic E-state index is 12.8. The van der Waals surface area contributed by atoms with Crippen LogP contribution in [0.25, 0.3) is 0 Å². The molecule has 0 amide bonds. The lowest BCUT2D eigenvalue weighted by Gasteiger charge is -2.28. The van der Waals surface area contributed by atoms with Gasteiger partial charge in [0.25, 0.3) is 7.82 Å². The number of allylic oxidation sites excluding steroid dienone is 30. The summed E-state index contributed by atoms with van der Waals surface area (Å²) in [4.78, 5) is 37.8. The molecule has 2 atom stereocenters. The number of nitrogens with zero attached hydrogens (tertiary/aromatic N) is 1. The largest absolute Gasteiger partial charge is 0.756 e. The summed E-state index contributed by atoms with van der Waals surface area (Å²) in [5, 5.41) is 0. The summed E-state index contributed by atoms with van der Waals surface area (Å²) in [6.45, 7) is 3.87. The Kier molecular flexibility index (Phi) is 51.4. The smallest absolute Gasteiger partial charge is 0.306 e. The fourth-order valence-electron chi connectivity index (χ4n) is 6.60. The van der Waals surface area contributed by atoms with E-state index in [-0.39, 0.29) is 26.1 Å². The first kappa shape index (κ1) is 71.1. The highest BCUT2D eigenvalue weighted by molar-refractivity contribution is 7.45. The summed E-state index contributed by atoms with van der Waals surface area (Å²) in [6.07, 6.45) is 85.1. The minimum absolute atomic E-state index is 0.0583. The molecule has 0 aliphatic heterocycles. The van der Waals surface area contributed by atoms with Gasteiger partial charge in [-0.1, -0.05) is 209 Å². The average molecular weight is 1070 g/mol. The highest BCUT2D eigenvalue weighted by atomic mass is 31.2. The number of carbonyl (C=O) groups is 2. The maximum Gasteiger partial charge on any atom is 0.306 e. The van der Waals surface area contributed by atoms with Gasteiger partial charge in [-0.25, -0.2) is 0 Å². The molecule has 0 saturated heterocycles. The van der Waals surface area contributed by atoms with Crippen LogP contribution in [-0.2, 0) is 32.7 Å². The zero-order valence-corrected chi connectivity index (χ0v) is 48.8. The first-order valence-corrected chi connectivity index (χ1v) is 30.0. The number of hydrogen-bond donors (Lipinski definition) is 0. The van der Waals surface area contributed by atoms with Crippen molar-refractivity contribution >= 4 is 19.8 Å². The van der Waals surface area contributed by atoms with Gasteiger partial charge in [-0.3, -0.25) is 14.2 Å². The molecule has 0 heterocycles. The summed E-state index contributed by atoms with van der Waals surface area (Å²) in [6, 6.07) is 0. The number of likely N-dealkylation sites (N-methyl/N-ethyl adjacent to an activating group) is 1. The molecule has 0 bridgehead atoms. The van der Waals surface area contributed by atoms with E-state index in [0.29, 0.717) is 30.3 Å². The SMILES string of the molecule is CC/C=C\C/C=C\C/C=C\C/C=C\C/C=C\C/C=C\C/C=C\C/C=C\C/C=C\CCCC(=O)OC(COC(=O)CCCCCC/C=C\C/C=C\C/C=C\C/C=C\C/C=C\C/C=C\CC)COP(=O)([O-])OCC[N+](C)(C)C. The topological polar surface area (TPSA) is 111 Å². The van der Waals surface area contributed by atoms with Gasteiger partial charge in [0.1, 0.15) is 19.8 Å². The predicted molar refractivity (Wildman–Crippen MR) is 323 cm³/mol. The van der Waals surface area contributed by atoms with Crippen molar-refractivity contribution in [1.82, 2.24) is 0 Å². The van der Waals surface area contributed by atoms with E-state index < -0.39 is 32.5 Å². The van der Waals surface area contributed by atoms with Crippen LogP contribution in [0, 0.1) is 0 Å². The Morgan fingerprint density at radius 1 is 0.408 bits per heavy atom. The lowest BCUT2D eigenvalue weighted by Crippen LogP contribution is -2.37. The molecule has 0 aliphatic rings. The van der Waals surface area contributed by atoms with Crippen molar-refractivity contribution in [2.24, 2.45) is 0 Å². The monoisotopic (exact) mass is 1070 g/mol. The fraction of sp³-hybridized carbons (Fsp3) is 0.515. The number of quaternary nitrogens is 1. The third-order valence-corrected chi connectivity index (χ3v) is 11.9. The van der Waals surface area contributed by atoms with E-state index in [2.05, 4.69) is 190 Å². The molecule has 9 nitrogen and oxygen atoms in total. The maximum atomic E-state index is 12.8. The van der Waals surface area contributed by atoms with Crippen LogP contribution in [0.4, 0.5) is 0 Å². The van der Waals surface area contributed by atoms with Gasteiger partial charge in [0.05, 0.1) is 27.7 Å². The van der Waals surface area contributed by atoms with E-state index in [0.717, 1.165) is 122 Å². The molecule has 0 saturated carbocycles. The minimum Gasteiger partial charge on any atom is -0.756 e. The summed E-state index contributed by atoms with van der Waals surface area (Å²) in [7, 11) is 1.08. The molecular formula is C66H102NO8P. The van der Waals surface area contributed by atoms with Gasteiger partial charge in [0.15, 0.2) is 6.10 Å². The summed E-state index contributed by atoms with van der Waals surface area (Å²) < 4.78 is 34.0. The Labute approximate surface area is 463 Å². The van der Waals surface area contributed by atoms with Crippen LogP contribution in [-0.4, -0.2) is 70.0 Å². The highest BCUT2D eigenvalue weighted by Gasteiger charge is 2.21. The van der Waals surface area contributed by atoms with E-state index in [1.54, 1.807) is 0 Å². The second kappa shape index (κ2) is 54.9. The Morgan fingerprint density at radius 3 is 1.08 bits per heavy atom. The number of ether oxygens (including phenoxy) is 2. The van der Waals surface area contributed by atoms with E-state index in [4.69, 9.17) is 18.5 Å². The van der Waals surface area contributed by atoms with Crippen LogP contribution >= 0.6 is 7.82 Å². The Hall–Kier alpha value is -4.89. The number of unbranched alkanes of at least 4 members (excludes halogenated alkanes) is 5. The molecule has 0 aliphatic carbocycles.